The molecule has 1 aromatic carbocycles. The van der Waals surface area contributed by atoms with Gasteiger partial charge in [0.15, 0.2) is 5.78 Å². The van der Waals surface area contributed by atoms with E-state index in [1.807, 2.05) is 18.2 Å². The maximum absolute atomic E-state index is 12.5. The Bertz CT molecular complexity index is 1310. The van der Waals surface area contributed by atoms with Crippen LogP contribution >= 0.6 is 11.6 Å². The third kappa shape index (κ3) is 4.99. The first-order valence-corrected chi connectivity index (χ1v) is 10.6. The number of carbonyl (C=O) groups is 1. The number of hydrogen-bond donors (Lipinski definition) is 1. The first-order valence-electron chi connectivity index (χ1n) is 10.2. The monoisotopic (exact) mass is 446 g/mol. The van der Waals surface area contributed by atoms with E-state index in [2.05, 4.69) is 22.3 Å². The highest BCUT2D eigenvalue weighted by Gasteiger charge is 2.16. The number of aromatic nitrogens is 2. The van der Waals surface area contributed by atoms with Crippen molar-refractivity contribution in [1.82, 2.24) is 9.55 Å². The van der Waals surface area contributed by atoms with E-state index < -0.39 is 6.04 Å². The van der Waals surface area contributed by atoms with Crippen LogP contribution in [0.3, 0.4) is 0 Å². The van der Waals surface area contributed by atoms with Gasteiger partial charge in [0.1, 0.15) is 11.2 Å². The van der Waals surface area contributed by atoms with Crippen molar-refractivity contribution in [2.24, 2.45) is 7.05 Å². The van der Waals surface area contributed by atoms with Crippen molar-refractivity contribution in [3.05, 3.63) is 68.7 Å². The van der Waals surface area contributed by atoms with E-state index in [4.69, 9.17) is 18.0 Å². The molecule has 0 unspecified atom stereocenters. The normalized spacial score (nSPS) is 11.5. The highest BCUT2D eigenvalue weighted by molar-refractivity contribution is 6.30. The zero-order chi connectivity index (χ0) is 23.3. The van der Waals surface area contributed by atoms with Crippen molar-refractivity contribution in [2.75, 3.05) is 5.32 Å². The fraction of sp³-hybridized carbons (Fsp3) is 0.280. The van der Waals surface area contributed by atoms with Crippen LogP contribution in [0.4, 0.5) is 5.69 Å². The molecule has 3 rings (SSSR count). The van der Waals surface area contributed by atoms with Crippen LogP contribution in [0.15, 0.2) is 41.3 Å². The Morgan fingerprint density at radius 1 is 1.34 bits per heavy atom. The lowest BCUT2D eigenvalue weighted by Gasteiger charge is -2.18. The first-order chi connectivity index (χ1) is 15.3. The Kier molecular flexibility index (Phi) is 7.30. The van der Waals surface area contributed by atoms with Gasteiger partial charge in [-0.2, -0.15) is 5.26 Å². The summed E-state index contributed by atoms with van der Waals surface area (Å²) in [6, 6.07) is 10.7. The van der Waals surface area contributed by atoms with Crippen molar-refractivity contribution >= 4 is 34.0 Å². The first kappa shape index (κ1) is 23.1. The van der Waals surface area contributed by atoms with Crippen molar-refractivity contribution < 1.29 is 4.79 Å². The predicted molar refractivity (Wildman–Crippen MR) is 127 cm³/mol. The van der Waals surface area contributed by atoms with Gasteiger partial charge in [0.2, 0.25) is 0 Å². The van der Waals surface area contributed by atoms with E-state index >= 15 is 0 Å². The molecule has 0 amide bonds. The Balaban J connectivity index is 1.97. The van der Waals surface area contributed by atoms with Gasteiger partial charge in [-0.25, -0.2) is 4.98 Å². The zero-order valence-electron chi connectivity index (χ0n) is 18.0. The molecule has 0 spiro atoms. The number of hydrogen-bond acceptors (Lipinski definition) is 5. The minimum Gasteiger partial charge on any atom is -0.375 e. The van der Waals surface area contributed by atoms with Gasteiger partial charge in [0, 0.05) is 43.2 Å². The van der Waals surface area contributed by atoms with Gasteiger partial charge in [-0.15, -0.1) is 12.3 Å². The number of nitriles is 1. The van der Waals surface area contributed by atoms with Crippen molar-refractivity contribution in [3.8, 4) is 18.4 Å². The van der Waals surface area contributed by atoms with Crippen LogP contribution in [0.1, 0.15) is 42.9 Å². The second-order valence-corrected chi connectivity index (χ2v) is 7.98. The van der Waals surface area contributed by atoms with Gasteiger partial charge in [-0.05, 0) is 49.1 Å². The maximum atomic E-state index is 12.5. The van der Waals surface area contributed by atoms with E-state index in [0.29, 0.717) is 36.9 Å². The molecule has 2 aromatic heterocycles. The molecule has 1 atom stereocenters. The van der Waals surface area contributed by atoms with E-state index in [9.17, 15) is 14.9 Å². The van der Waals surface area contributed by atoms with E-state index in [1.165, 1.54) is 6.07 Å². The molecule has 1 N–H and O–H groups in total. The Labute approximate surface area is 191 Å². The number of benzene rings is 1. The summed E-state index contributed by atoms with van der Waals surface area (Å²) in [6.45, 7) is 1.78. The molecule has 162 valence electrons. The lowest BCUT2D eigenvalue weighted by Crippen LogP contribution is -2.27. The minimum absolute atomic E-state index is 0.0373. The molecule has 32 heavy (non-hydrogen) atoms. The number of aryl methyl sites for hydroxylation is 1. The van der Waals surface area contributed by atoms with Crippen LogP contribution in [0, 0.1) is 23.7 Å². The third-order valence-electron chi connectivity index (χ3n) is 5.41. The van der Waals surface area contributed by atoms with Gasteiger partial charge < -0.3 is 9.88 Å². The third-order valence-corrected chi connectivity index (χ3v) is 5.69. The minimum atomic E-state index is -0.462. The molecule has 0 radical (unpaired) electrons. The molecule has 2 heterocycles. The second kappa shape index (κ2) is 10.1. The second-order valence-electron chi connectivity index (χ2n) is 7.62. The molecule has 3 aromatic rings. The summed E-state index contributed by atoms with van der Waals surface area (Å²) >= 11 is 6.06. The number of carbonyl (C=O) groups excluding carboxylic acids is 1. The van der Waals surface area contributed by atoms with Crippen molar-refractivity contribution in [3.63, 3.8) is 0 Å². The van der Waals surface area contributed by atoms with E-state index in [-0.39, 0.29) is 16.5 Å². The van der Waals surface area contributed by atoms with Crippen LogP contribution in [-0.4, -0.2) is 21.4 Å². The van der Waals surface area contributed by atoms with Crippen LogP contribution in [-0.2, 0) is 18.3 Å². The SMILES string of the molecule is C#CCCCC(=O)[C@@H](C)Nc1cc(=O)n(C)c2ccc(Cc3ccnc(Cl)c3C#N)cc12. The fourth-order valence-corrected chi connectivity index (χ4v) is 3.81. The number of nitrogens with zero attached hydrogens (tertiary/aromatic N) is 3. The molecule has 6 nitrogen and oxygen atoms in total. The Hall–Kier alpha value is -3.61. The summed E-state index contributed by atoms with van der Waals surface area (Å²) in [5.41, 5.74) is 3.21. The number of pyridine rings is 2. The molecule has 0 fully saturated rings. The lowest BCUT2D eigenvalue weighted by molar-refractivity contribution is -0.119. The molecular formula is C25H23ClN4O2. The molecule has 0 bridgehead atoms. The number of unbranched alkanes of at least 4 members (excludes halogenated alkanes) is 1. The Morgan fingerprint density at radius 2 is 2.12 bits per heavy atom. The molecule has 0 aliphatic carbocycles. The number of terminal acetylenes is 1. The highest BCUT2D eigenvalue weighted by atomic mass is 35.5. The summed E-state index contributed by atoms with van der Waals surface area (Å²) in [5, 5.41) is 13.6. The summed E-state index contributed by atoms with van der Waals surface area (Å²) in [5.74, 6) is 2.58. The molecule has 0 aliphatic heterocycles. The summed E-state index contributed by atoms with van der Waals surface area (Å²) in [7, 11) is 1.71. The number of Topliss-reactive ketones (excluding diaryl/α,β-unsaturated/α-hetero) is 1. The number of nitrogens with one attached hydrogen (secondary N) is 1. The average molecular weight is 447 g/mol. The van der Waals surface area contributed by atoms with Crippen LogP contribution < -0.4 is 10.9 Å². The number of rotatable bonds is 8. The topological polar surface area (TPSA) is 87.8 Å². The molecule has 0 saturated carbocycles. The molecule has 0 aliphatic rings. The quantitative estimate of drug-likeness (QED) is 0.318. The van der Waals surface area contributed by atoms with Gasteiger partial charge >= 0.3 is 0 Å². The lowest BCUT2D eigenvalue weighted by atomic mass is 9.99. The smallest absolute Gasteiger partial charge is 0.252 e. The van der Waals surface area contributed by atoms with Gasteiger partial charge in [0.05, 0.1) is 17.1 Å². The number of anilines is 1. The maximum Gasteiger partial charge on any atom is 0.252 e. The van der Waals surface area contributed by atoms with E-state index in [0.717, 1.165) is 22.0 Å². The van der Waals surface area contributed by atoms with Crippen LogP contribution in [0.25, 0.3) is 10.9 Å². The number of halogens is 1. The zero-order valence-corrected chi connectivity index (χ0v) is 18.7. The van der Waals surface area contributed by atoms with Crippen LogP contribution in [0.2, 0.25) is 5.15 Å². The Morgan fingerprint density at radius 3 is 2.84 bits per heavy atom. The standard InChI is InChI=1S/C25H23ClN4O2/c1-4-5-6-7-23(31)16(2)29-21-14-24(32)30(3)22-9-8-17(13-19(21)22)12-18-10-11-28-25(26)20(18)15-27/h1,8-11,13-14,16,29H,5-7,12H2,2-3H3/t16-/m1/s1. The summed E-state index contributed by atoms with van der Waals surface area (Å²) < 4.78 is 1.56. The fourth-order valence-electron chi connectivity index (χ4n) is 3.59. The van der Waals surface area contributed by atoms with E-state index in [1.54, 1.807) is 30.8 Å². The number of ketones is 1. The molecular weight excluding hydrogens is 424 g/mol. The summed E-state index contributed by atoms with van der Waals surface area (Å²) in [4.78, 5) is 28.9. The van der Waals surface area contributed by atoms with Crippen LogP contribution in [0.5, 0.6) is 0 Å². The molecule has 7 heteroatoms. The molecule has 0 saturated heterocycles. The van der Waals surface area contributed by atoms with Gasteiger partial charge in [0.25, 0.3) is 5.56 Å². The van der Waals surface area contributed by atoms with Crippen molar-refractivity contribution in [2.45, 2.75) is 38.6 Å². The van der Waals surface area contributed by atoms with Crippen molar-refractivity contribution in [1.29, 1.82) is 5.26 Å². The average Bonchev–Trinajstić information content (AvgIpc) is 2.77. The predicted octanol–water partition coefficient (Wildman–Crippen LogP) is 4.22. The van der Waals surface area contributed by atoms with Gasteiger partial charge in [-0.3, -0.25) is 9.59 Å². The highest BCUT2D eigenvalue weighted by Crippen LogP contribution is 2.26. The summed E-state index contributed by atoms with van der Waals surface area (Å²) in [6.07, 6.45) is 8.88. The largest absolute Gasteiger partial charge is 0.375 e. The number of fused-ring (bicyclic) bond motifs is 1. The van der Waals surface area contributed by atoms with Gasteiger partial charge in [-0.1, -0.05) is 17.7 Å².